The first-order valence-electron chi connectivity index (χ1n) is 8.40. The molecule has 1 aliphatic heterocycles. The summed E-state index contributed by atoms with van der Waals surface area (Å²) >= 11 is 1.59. The van der Waals surface area contributed by atoms with E-state index in [0.717, 1.165) is 45.6 Å². The van der Waals surface area contributed by atoms with Crippen LogP contribution in [0, 0.1) is 11.3 Å². The topological polar surface area (TPSA) is 57.0 Å². The smallest absolute Gasteiger partial charge is 0.125 e. The Bertz CT molecular complexity index is 979. The van der Waals surface area contributed by atoms with E-state index in [9.17, 15) is 9.47 Å². The molecule has 4 rings (SSSR count). The predicted molar refractivity (Wildman–Crippen MR) is 108 cm³/mol. The van der Waals surface area contributed by atoms with E-state index in [1.54, 1.807) is 11.3 Å². The summed E-state index contributed by atoms with van der Waals surface area (Å²) in [5.41, 5.74) is 3.81. The Kier molecular flexibility index (Phi) is 4.83. The van der Waals surface area contributed by atoms with Crippen LogP contribution in [0.4, 0.5) is 5.69 Å². The van der Waals surface area contributed by atoms with Crippen molar-refractivity contribution < 1.29 is 4.21 Å². The van der Waals surface area contributed by atoms with E-state index in [1.807, 2.05) is 30.5 Å². The van der Waals surface area contributed by atoms with Crippen molar-refractivity contribution in [1.82, 2.24) is 4.98 Å². The second-order valence-electron chi connectivity index (χ2n) is 6.07. The van der Waals surface area contributed by atoms with Gasteiger partial charge in [0.1, 0.15) is 5.01 Å². The fraction of sp³-hybridized carbons (Fsp3) is 0.200. The average Bonchev–Trinajstić information content (AvgIpc) is 3.19. The van der Waals surface area contributed by atoms with Crippen LogP contribution in [-0.4, -0.2) is 33.8 Å². The van der Waals surface area contributed by atoms with Crippen molar-refractivity contribution in [1.29, 1.82) is 5.26 Å². The van der Waals surface area contributed by atoms with Gasteiger partial charge in [0, 0.05) is 52.8 Å². The molecule has 1 aromatic heterocycles. The Morgan fingerprint density at radius 3 is 2.54 bits per heavy atom. The van der Waals surface area contributed by atoms with E-state index in [0.29, 0.717) is 5.56 Å². The molecule has 0 spiro atoms. The largest absolute Gasteiger partial charge is 0.370 e. The minimum atomic E-state index is -0.658. The number of nitriles is 1. The minimum absolute atomic E-state index is 0.645. The molecule has 1 fully saturated rings. The van der Waals surface area contributed by atoms with Gasteiger partial charge in [0.15, 0.2) is 0 Å². The van der Waals surface area contributed by atoms with Gasteiger partial charge in [0.2, 0.25) is 0 Å². The van der Waals surface area contributed by atoms with Gasteiger partial charge in [-0.15, -0.1) is 11.3 Å². The van der Waals surface area contributed by atoms with Gasteiger partial charge in [-0.05, 0) is 23.8 Å². The number of nitrogens with zero attached hydrogens (tertiary/aromatic N) is 3. The first-order chi connectivity index (χ1) is 12.7. The lowest BCUT2D eigenvalue weighted by Gasteiger charge is -2.28. The molecule has 0 amide bonds. The van der Waals surface area contributed by atoms with E-state index in [2.05, 4.69) is 40.2 Å². The average molecular weight is 380 g/mol. The van der Waals surface area contributed by atoms with E-state index in [-0.39, 0.29) is 0 Å². The SMILES string of the molecule is N#Cc1ccccc1-c1ncc(-c2ccc(N3CCS(=O)CC3)cc2)s1. The highest BCUT2D eigenvalue weighted by Crippen LogP contribution is 2.34. The predicted octanol–water partition coefficient (Wildman–Crippen LogP) is 3.92. The molecule has 3 aromatic rings. The number of hydrogen-bond donors (Lipinski definition) is 0. The number of hydrogen-bond acceptors (Lipinski definition) is 5. The second kappa shape index (κ2) is 7.40. The first kappa shape index (κ1) is 17.0. The van der Waals surface area contributed by atoms with Crippen molar-refractivity contribution in [2.75, 3.05) is 29.5 Å². The molecule has 1 aliphatic rings. The van der Waals surface area contributed by atoms with Crippen LogP contribution in [0.15, 0.2) is 54.7 Å². The van der Waals surface area contributed by atoms with Gasteiger partial charge in [-0.25, -0.2) is 4.98 Å². The lowest BCUT2D eigenvalue weighted by molar-refractivity contribution is 0.673. The van der Waals surface area contributed by atoms with E-state index in [4.69, 9.17) is 0 Å². The minimum Gasteiger partial charge on any atom is -0.370 e. The molecule has 26 heavy (non-hydrogen) atoms. The van der Waals surface area contributed by atoms with Crippen LogP contribution in [0.25, 0.3) is 21.0 Å². The Morgan fingerprint density at radius 2 is 1.81 bits per heavy atom. The van der Waals surface area contributed by atoms with Crippen LogP contribution in [-0.2, 0) is 10.8 Å². The Labute approximate surface area is 159 Å². The molecular formula is C20H17N3OS2. The fourth-order valence-corrected chi connectivity index (χ4v) is 5.04. The molecule has 1 saturated heterocycles. The molecule has 0 bridgehead atoms. The van der Waals surface area contributed by atoms with Gasteiger partial charge in [-0.2, -0.15) is 5.26 Å². The van der Waals surface area contributed by atoms with Crippen LogP contribution in [0.5, 0.6) is 0 Å². The Hall–Kier alpha value is -2.49. The number of benzene rings is 2. The summed E-state index contributed by atoms with van der Waals surface area (Å²) in [6.45, 7) is 1.70. The van der Waals surface area contributed by atoms with E-state index >= 15 is 0 Å². The van der Waals surface area contributed by atoms with Crippen LogP contribution in [0.2, 0.25) is 0 Å². The van der Waals surface area contributed by atoms with E-state index in [1.165, 1.54) is 5.69 Å². The molecule has 0 atom stereocenters. The maximum absolute atomic E-state index is 11.5. The second-order valence-corrected chi connectivity index (χ2v) is 8.80. The zero-order chi connectivity index (χ0) is 17.9. The third-order valence-corrected chi connectivity index (χ3v) is 6.83. The molecule has 0 radical (unpaired) electrons. The maximum Gasteiger partial charge on any atom is 0.125 e. The van der Waals surface area contributed by atoms with Crippen LogP contribution < -0.4 is 4.90 Å². The molecule has 0 N–H and O–H groups in total. The number of rotatable bonds is 3. The number of thiazole rings is 1. The van der Waals surface area contributed by atoms with Gasteiger partial charge >= 0.3 is 0 Å². The Balaban J connectivity index is 1.56. The zero-order valence-corrected chi connectivity index (χ0v) is 15.7. The van der Waals surface area contributed by atoms with Crippen LogP contribution >= 0.6 is 11.3 Å². The summed E-state index contributed by atoms with van der Waals surface area (Å²) in [6.07, 6.45) is 1.87. The standard InChI is InChI=1S/C20H17N3OS2/c21-13-16-3-1-2-4-18(16)20-22-14-19(25-20)15-5-7-17(8-6-15)23-9-11-26(24)12-10-23/h1-8,14H,9-12H2. The highest BCUT2D eigenvalue weighted by molar-refractivity contribution is 7.85. The molecule has 2 heterocycles. The molecule has 0 unspecified atom stereocenters. The summed E-state index contributed by atoms with van der Waals surface area (Å²) < 4.78 is 11.5. The third-order valence-electron chi connectivity index (χ3n) is 4.48. The maximum atomic E-state index is 11.5. The van der Waals surface area contributed by atoms with Gasteiger partial charge in [-0.1, -0.05) is 30.3 Å². The molecule has 0 aliphatic carbocycles. The van der Waals surface area contributed by atoms with Gasteiger partial charge in [-0.3, -0.25) is 4.21 Å². The summed E-state index contributed by atoms with van der Waals surface area (Å²) in [6, 6.07) is 18.2. The molecule has 6 heteroatoms. The molecular weight excluding hydrogens is 362 g/mol. The first-order valence-corrected chi connectivity index (χ1v) is 10.7. The molecule has 130 valence electrons. The summed E-state index contributed by atoms with van der Waals surface area (Å²) in [4.78, 5) is 7.88. The summed E-state index contributed by atoms with van der Waals surface area (Å²) in [5, 5.41) is 10.1. The summed E-state index contributed by atoms with van der Waals surface area (Å²) in [7, 11) is -0.658. The van der Waals surface area contributed by atoms with E-state index < -0.39 is 10.8 Å². The number of anilines is 1. The van der Waals surface area contributed by atoms with Crippen LogP contribution in [0.1, 0.15) is 5.56 Å². The van der Waals surface area contributed by atoms with Crippen molar-refractivity contribution in [3.8, 4) is 27.1 Å². The van der Waals surface area contributed by atoms with Crippen molar-refractivity contribution in [3.63, 3.8) is 0 Å². The fourth-order valence-electron chi connectivity index (χ4n) is 3.03. The Morgan fingerprint density at radius 1 is 1.08 bits per heavy atom. The number of aromatic nitrogens is 1. The van der Waals surface area contributed by atoms with Crippen molar-refractivity contribution in [2.24, 2.45) is 0 Å². The lowest BCUT2D eigenvalue weighted by Crippen LogP contribution is -2.37. The van der Waals surface area contributed by atoms with Gasteiger partial charge in [0.05, 0.1) is 16.5 Å². The zero-order valence-electron chi connectivity index (χ0n) is 14.1. The van der Waals surface area contributed by atoms with Gasteiger partial charge < -0.3 is 4.90 Å². The molecule has 2 aromatic carbocycles. The third kappa shape index (κ3) is 3.41. The van der Waals surface area contributed by atoms with Crippen molar-refractivity contribution in [3.05, 3.63) is 60.3 Å². The highest BCUT2D eigenvalue weighted by atomic mass is 32.2. The monoisotopic (exact) mass is 379 g/mol. The van der Waals surface area contributed by atoms with Crippen molar-refractivity contribution >= 4 is 27.8 Å². The molecule has 4 nitrogen and oxygen atoms in total. The summed E-state index contributed by atoms with van der Waals surface area (Å²) in [5.74, 6) is 1.50. The van der Waals surface area contributed by atoms with Crippen LogP contribution in [0.3, 0.4) is 0 Å². The quantitative estimate of drug-likeness (QED) is 0.692. The van der Waals surface area contributed by atoms with Crippen molar-refractivity contribution in [2.45, 2.75) is 0 Å². The molecule has 0 saturated carbocycles. The highest BCUT2D eigenvalue weighted by Gasteiger charge is 2.16. The normalized spacial score (nSPS) is 15.0. The van der Waals surface area contributed by atoms with Gasteiger partial charge in [0.25, 0.3) is 0 Å². The lowest BCUT2D eigenvalue weighted by atomic mass is 10.1.